The molecule has 0 aromatic carbocycles. The highest BCUT2D eigenvalue weighted by Gasteiger charge is 2.55. The lowest BCUT2D eigenvalue weighted by Gasteiger charge is -2.43. The van der Waals surface area contributed by atoms with Gasteiger partial charge in [-0.3, -0.25) is 4.79 Å². The maximum absolute atomic E-state index is 13.1. The molecule has 13 atom stereocenters. The second kappa shape index (κ2) is 12.1. The predicted octanol–water partition coefficient (Wildman–Crippen LogP) is -0.297. The summed E-state index contributed by atoms with van der Waals surface area (Å²) in [7, 11) is 1.22. The van der Waals surface area contributed by atoms with Crippen LogP contribution in [0.15, 0.2) is 24.0 Å². The van der Waals surface area contributed by atoms with Crippen molar-refractivity contribution in [1.82, 2.24) is 0 Å². The Labute approximate surface area is 231 Å². The van der Waals surface area contributed by atoms with Gasteiger partial charge in [0.25, 0.3) is 0 Å². The second-order valence-electron chi connectivity index (χ2n) is 11.2. The molecule has 2 unspecified atom stereocenters. The van der Waals surface area contributed by atoms with Crippen LogP contribution >= 0.6 is 0 Å². The van der Waals surface area contributed by atoms with Crippen LogP contribution in [0.25, 0.3) is 0 Å². The monoisotopic (exact) mass is 570 g/mol. The number of carboxylic acid groups (broad SMARTS) is 1. The molecule has 5 N–H and O–H groups in total. The van der Waals surface area contributed by atoms with Crippen molar-refractivity contribution >= 4 is 17.9 Å². The first-order chi connectivity index (χ1) is 18.9. The fraction of sp³-hybridized carbons (Fsp3) is 0.741. The average Bonchev–Trinajstić information content (AvgIpc) is 3.48. The van der Waals surface area contributed by atoms with Crippen molar-refractivity contribution in [3.8, 4) is 0 Å². The molecule has 0 spiro atoms. The fourth-order valence-electron chi connectivity index (χ4n) is 6.60. The summed E-state index contributed by atoms with van der Waals surface area (Å²) in [4.78, 5) is 37.5. The summed E-state index contributed by atoms with van der Waals surface area (Å²) in [5.41, 5.74) is 0.286. The molecule has 4 rings (SSSR count). The Morgan fingerprint density at radius 3 is 2.40 bits per heavy atom. The van der Waals surface area contributed by atoms with Crippen LogP contribution in [0.5, 0.6) is 0 Å². The summed E-state index contributed by atoms with van der Waals surface area (Å²) in [5, 5.41) is 49.8. The minimum atomic E-state index is -1.67. The summed E-state index contributed by atoms with van der Waals surface area (Å²) in [5.74, 6) is -5.33. The van der Waals surface area contributed by atoms with Gasteiger partial charge in [0.2, 0.25) is 6.29 Å². The number of carboxylic acids is 1. The zero-order chi connectivity index (χ0) is 29.5. The zero-order valence-electron chi connectivity index (χ0n) is 22.6. The number of hydrogen-bond acceptors (Lipinski definition) is 12. The van der Waals surface area contributed by atoms with Gasteiger partial charge < -0.3 is 49.2 Å². The van der Waals surface area contributed by atoms with Gasteiger partial charge in [-0.1, -0.05) is 20.4 Å². The standard InChI is InChI=1S/C27H38O13/c1-10-5-6-13(18(10)23(32)33)11(2)24(34)38-16-7-14-15(25(35)36-4)9-37-26(19(14)12(16)3)40-27-22(31)21(30)20(29)17(8-28)39-27/h9-10,12-14,16-22,26-31H,2,5-8H2,1,3-4H3,(H,32,33)/t10-,12-,13?,14+,16-,17+,18?,19+,20+,21-,22+,26-,27-/m0/s1. The van der Waals surface area contributed by atoms with Crippen molar-refractivity contribution in [3.05, 3.63) is 24.0 Å². The first-order valence-corrected chi connectivity index (χ1v) is 13.4. The molecule has 2 heterocycles. The van der Waals surface area contributed by atoms with E-state index in [1.165, 1.54) is 13.4 Å². The number of aliphatic hydroxyl groups is 4. The van der Waals surface area contributed by atoms with E-state index in [0.29, 0.717) is 12.8 Å². The number of carbonyl (C=O) groups is 3. The van der Waals surface area contributed by atoms with Crippen molar-refractivity contribution in [3.63, 3.8) is 0 Å². The van der Waals surface area contributed by atoms with E-state index >= 15 is 0 Å². The van der Waals surface area contributed by atoms with Crippen molar-refractivity contribution in [2.24, 2.45) is 35.5 Å². The van der Waals surface area contributed by atoms with Gasteiger partial charge in [-0.15, -0.1) is 0 Å². The molecule has 2 saturated carbocycles. The van der Waals surface area contributed by atoms with Crippen LogP contribution in [0.1, 0.15) is 33.1 Å². The molecule has 0 bridgehead atoms. The van der Waals surface area contributed by atoms with Crippen molar-refractivity contribution < 1.29 is 63.6 Å². The molecule has 13 nitrogen and oxygen atoms in total. The lowest BCUT2D eigenvalue weighted by atomic mass is 9.83. The van der Waals surface area contributed by atoms with Crippen LogP contribution in [-0.2, 0) is 38.1 Å². The summed E-state index contributed by atoms with van der Waals surface area (Å²) in [6.07, 6.45) is -6.90. The summed E-state index contributed by atoms with van der Waals surface area (Å²) < 4.78 is 27.8. The van der Waals surface area contributed by atoms with Crippen LogP contribution in [0.4, 0.5) is 0 Å². The van der Waals surface area contributed by atoms with Crippen LogP contribution in [-0.4, -0.2) is 100 Å². The van der Waals surface area contributed by atoms with Crippen molar-refractivity contribution in [1.29, 1.82) is 0 Å². The number of methoxy groups -OCH3 is 1. The largest absolute Gasteiger partial charge is 0.481 e. The van der Waals surface area contributed by atoms with Crippen molar-refractivity contribution in [2.75, 3.05) is 13.7 Å². The van der Waals surface area contributed by atoms with Crippen LogP contribution in [0, 0.1) is 35.5 Å². The highest BCUT2D eigenvalue weighted by molar-refractivity contribution is 5.90. The lowest BCUT2D eigenvalue weighted by molar-refractivity contribution is -0.342. The number of hydrogen-bond donors (Lipinski definition) is 5. The molecule has 224 valence electrons. The van der Waals surface area contributed by atoms with Crippen LogP contribution in [0.3, 0.4) is 0 Å². The number of aliphatic hydroxyl groups excluding tert-OH is 4. The van der Waals surface area contributed by atoms with Crippen molar-refractivity contribution in [2.45, 2.75) is 76.2 Å². The Bertz CT molecular complexity index is 1020. The molecule has 0 amide bonds. The van der Waals surface area contributed by atoms with Crippen LogP contribution < -0.4 is 0 Å². The van der Waals surface area contributed by atoms with E-state index in [0.717, 1.165) is 0 Å². The normalized spacial score (nSPS) is 42.8. The number of aliphatic carboxylic acids is 1. The molecule has 0 aromatic rings. The second-order valence-corrected chi connectivity index (χ2v) is 11.2. The summed E-state index contributed by atoms with van der Waals surface area (Å²) in [6, 6.07) is 0. The molecular weight excluding hydrogens is 532 g/mol. The molecule has 3 fully saturated rings. The molecule has 1 saturated heterocycles. The number of fused-ring (bicyclic) bond motifs is 1. The lowest BCUT2D eigenvalue weighted by Crippen LogP contribution is -2.60. The average molecular weight is 571 g/mol. The third-order valence-corrected chi connectivity index (χ3v) is 8.96. The van der Waals surface area contributed by atoms with E-state index in [9.17, 15) is 39.9 Å². The molecule has 40 heavy (non-hydrogen) atoms. The van der Waals surface area contributed by atoms with Gasteiger partial charge in [0.15, 0.2) is 6.29 Å². The van der Waals surface area contributed by atoms with Gasteiger partial charge in [0, 0.05) is 29.2 Å². The van der Waals surface area contributed by atoms with E-state index in [-0.39, 0.29) is 23.5 Å². The van der Waals surface area contributed by atoms with E-state index in [1.807, 2.05) is 6.92 Å². The molecule has 4 aliphatic rings. The third kappa shape index (κ3) is 5.50. The predicted molar refractivity (Wildman–Crippen MR) is 133 cm³/mol. The Morgan fingerprint density at radius 1 is 1.07 bits per heavy atom. The number of carbonyl (C=O) groups excluding carboxylic acids is 2. The van der Waals surface area contributed by atoms with Gasteiger partial charge in [-0.2, -0.15) is 0 Å². The summed E-state index contributed by atoms with van der Waals surface area (Å²) in [6.45, 7) is 6.83. The number of ether oxygens (including phenoxy) is 5. The van der Waals surface area contributed by atoms with E-state index in [1.54, 1.807) is 6.92 Å². The van der Waals surface area contributed by atoms with Gasteiger partial charge in [0.05, 0.1) is 31.5 Å². The summed E-state index contributed by atoms with van der Waals surface area (Å²) >= 11 is 0. The number of rotatable bonds is 8. The van der Waals surface area contributed by atoms with Gasteiger partial charge in [-0.25, -0.2) is 9.59 Å². The smallest absolute Gasteiger partial charge is 0.337 e. The topological polar surface area (TPSA) is 199 Å². The minimum Gasteiger partial charge on any atom is -0.481 e. The van der Waals surface area contributed by atoms with Crippen LogP contribution in [0.2, 0.25) is 0 Å². The Balaban J connectivity index is 1.52. The first kappa shape index (κ1) is 30.4. The quantitative estimate of drug-likeness (QED) is 0.188. The molecule has 2 aliphatic heterocycles. The van der Waals surface area contributed by atoms with Gasteiger partial charge >= 0.3 is 17.9 Å². The molecule has 2 aliphatic carbocycles. The molecular formula is C27H38O13. The first-order valence-electron chi connectivity index (χ1n) is 13.4. The minimum absolute atomic E-state index is 0.0907. The SMILES string of the molecule is C=C(C(=O)O[C@H]1C[C@@H]2C(C(=O)OC)=CO[C@@H](O[C@@H]3O[C@H](CO)[C@@H](O)[C@H](O)[C@H]3O)[C@@H]2[C@H]1C)C1CC[C@H](C)C1C(=O)O. The fourth-order valence-corrected chi connectivity index (χ4v) is 6.60. The van der Waals surface area contributed by atoms with E-state index in [2.05, 4.69) is 6.58 Å². The van der Waals surface area contributed by atoms with Gasteiger partial charge in [-0.05, 0) is 25.2 Å². The highest BCUT2D eigenvalue weighted by atomic mass is 16.8. The number of esters is 2. The third-order valence-electron chi connectivity index (χ3n) is 8.96. The van der Waals surface area contributed by atoms with E-state index in [4.69, 9.17) is 23.7 Å². The maximum atomic E-state index is 13.1. The Hall–Kier alpha value is -2.55. The van der Waals surface area contributed by atoms with E-state index < -0.39 is 97.2 Å². The molecule has 0 aromatic heterocycles. The Morgan fingerprint density at radius 2 is 1.77 bits per heavy atom. The maximum Gasteiger partial charge on any atom is 0.337 e. The Kier molecular flexibility index (Phi) is 9.22. The zero-order valence-corrected chi connectivity index (χ0v) is 22.6. The molecule has 0 radical (unpaired) electrons. The highest BCUT2D eigenvalue weighted by Crippen LogP contribution is 2.49. The molecule has 13 heteroatoms. The van der Waals surface area contributed by atoms with Gasteiger partial charge in [0.1, 0.15) is 30.5 Å².